The summed E-state index contributed by atoms with van der Waals surface area (Å²) < 4.78 is 64.8. The molecule has 0 saturated heterocycles. The first-order valence-corrected chi connectivity index (χ1v) is 7.58. The van der Waals surface area contributed by atoms with Crippen LogP contribution in [-0.4, -0.2) is 49.2 Å². The van der Waals surface area contributed by atoms with E-state index in [0.717, 1.165) is 24.3 Å². The maximum Gasteiger partial charge on any atom is 0.518 e. The number of hydrogen-bond donors (Lipinski definition) is 2. The molecule has 0 aliphatic carbocycles. The third-order valence-electron chi connectivity index (χ3n) is 2.59. The van der Waals surface area contributed by atoms with E-state index in [0.29, 0.717) is 0 Å². The molecule has 0 unspecified atom stereocenters. The van der Waals surface area contributed by atoms with Crippen LogP contribution in [0, 0.1) is 5.92 Å². The van der Waals surface area contributed by atoms with Crippen molar-refractivity contribution >= 4 is 21.9 Å². The molecule has 0 aliphatic heterocycles. The van der Waals surface area contributed by atoms with Crippen molar-refractivity contribution in [1.29, 1.82) is 0 Å². The standard InChI is InChI=1S/C12H12F3NO7S/c13-12(14,15)24(21,22)16-10(19)7-1-3-9(4-2-7)23-11(20)8(5-17)6-18/h1-4,8,17-18H,5-6H2,(H,16,19)/p-1. The zero-order chi connectivity index (χ0) is 18.5. The number of aliphatic hydroxyl groups excluding tert-OH is 2. The van der Waals surface area contributed by atoms with Crippen LogP contribution in [-0.2, 0) is 14.8 Å². The second-order valence-corrected chi connectivity index (χ2v) is 5.92. The Bertz CT molecular complexity index is 709. The van der Waals surface area contributed by atoms with Gasteiger partial charge in [0.2, 0.25) is 0 Å². The van der Waals surface area contributed by atoms with Crippen molar-refractivity contribution < 1.29 is 46.4 Å². The summed E-state index contributed by atoms with van der Waals surface area (Å²) in [5.74, 6) is -3.93. The van der Waals surface area contributed by atoms with E-state index in [1.54, 1.807) is 0 Å². The molecule has 0 aromatic heterocycles. The minimum Gasteiger partial charge on any atom is -0.858 e. The van der Waals surface area contributed by atoms with Gasteiger partial charge in [-0.05, 0) is 17.7 Å². The number of hydrogen-bond acceptors (Lipinski definition) is 7. The highest BCUT2D eigenvalue weighted by atomic mass is 32.2. The molecule has 0 radical (unpaired) electrons. The number of sulfonamides is 1. The molecule has 24 heavy (non-hydrogen) atoms. The van der Waals surface area contributed by atoms with Gasteiger partial charge in [-0.1, -0.05) is 12.1 Å². The summed E-state index contributed by atoms with van der Waals surface area (Å²) >= 11 is 0. The van der Waals surface area contributed by atoms with E-state index in [1.807, 2.05) is 0 Å². The quantitative estimate of drug-likeness (QED) is 0.288. The average molecular weight is 370 g/mol. The molecule has 2 N–H and O–H groups in total. The van der Waals surface area contributed by atoms with Gasteiger partial charge in [0.05, 0.1) is 13.2 Å². The number of nitrogens with zero attached hydrogens (tertiary/aromatic N) is 1. The normalized spacial score (nSPS) is 13.2. The fourth-order valence-corrected chi connectivity index (χ4v) is 1.71. The summed E-state index contributed by atoms with van der Waals surface area (Å²) in [5, 5.41) is 29.0. The largest absolute Gasteiger partial charge is 0.858 e. The van der Waals surface area contributed by atoms with Gasteiger partial charge in [-0.25, -0.2) is 0 Å². The Morgan fingerprint density at radius 2 is 1.71 bits per heavy atom. The first-order chi connectivity index (χ1) is 11.0. The Morgan fingerprint density at radius 3 is 2.12 bits per heavy atom. The summed E-state index contributed by atoms with van der Waals surface area (Å²) in [7, 11) is -5.96. The molecule has 0 atom stereocenters. The molecule has 8 nitrogen and oxygen atoms in total. The molecule has 0 bridgehead atoms. The van der Waals surface area contributed by atoms with Gasteiger partial charge >= 0.3 is 21.5 Å². The molecular weight excluding hydrogens is 359 g/mol. The molecule has 0 saturated carbocycles. The molecule has 134 valence electrons. The second-order valence-electron chi connectivity index (χ2n) is 4.32. The molecule has 12 heteroatoms. The number of esters is 1. The first kappa shape index (κ1) is 19.9. The maximum absolute atomic E-state index is 12.1. The van der Waals surface area contributed by atoms with Crippen LogP contribution in [0.1, 0.15) is 5.56 Å². The van der Waals surface area contributed by atoms with E-state index in [1.165, 1.54) is 0 Å². The minimum atomic E-state index is -5.96. The zero-order valence-corrected chi connectivity index (χ0v) is 12.5. The van der Waals surface area contributed by atoms with Gasteiger partial charge < -0.3 is 20.1 Å². The van der Waals surface area contributed by atoms with Gasteiger partial charge in [-0.3, -0.25) is 4.79 Å². The molecule has 0 aliphatic rings. The van der Waals surface area contributed by atoms with Crippen LogP contribution in [0.3, 0.4) is 0 Å². The predicted molar refractivity (Wildman–Crippen MR) is 71.3 cm³/mol. The van der Waals surface area contributed by atoms with Crippen LogP contribution < -0.4 is 9.84 Å². The molecule has 0 amide bonds. The Labute approximate surface area is 133 Å². The summed E-state index contributed by atoms with van der Waals surface area (Å²) in [5.41, 5.74) is -6.18. The molecule has 0 heterocycles. The molecule has 1 aromatic carbocycles. The number of carbonyl (C=O) groups is 1. The predicted octanol–water partition coefficient (Wildman–Crippen LogP) is -0.851. The minimum absolute atomic E-state index is 0.137. The van der Waals surface area contributed by atoms with E-state index in [2.05, 4.69) is 4.40 Å². The number of aliphatic hydroxyl groups is 2. The molecule has 0 spiro atoms. The van der Waals surface area contributed by atoms with Crippen LogP contribution in [0.5, 0.6) is 5.75 Å². The summed E-state index contributed by atoms with van der Waals surface area (Å²) in [6.45, 7) is -1.33. The fourth-order valence-electron chi connectivity index (χ4n) is 1.29. The monoisotopic (exact) mass is 370 g/mol. The van der Waals surface area contributed by atoms with Crippen molar-refractivity contribution in [2.45, 2.75) is 5.51 Å². The van der Waals surface area contributed by atoms with Crippen LogP contribution in [0.15, 0.2) is 28.7 Å². The summed E-state index contributed by atoms with van der Waals surface area (Å²) in [6.07, 6.45) is 0. The number of rotatable bonds is 6. The Hall–Kier alpha value is -2.18. The number of halogens is 3. The van der Waals surface area contributed by atoms with Gasteiger partial charge in [0, 0.05) is 5.90 Å². The molecule has 0 fully saturated rings. The number of ether oxygens (including phenoxy) is 1. The lowest BCUT2D eigenvalue weighted by Gasteiger charge is -2.13. The smallest absolute Gasteiger partial charge is 0.518 e. The SMILES string of the molecule is O=C(Oc1ccc(/C([O-])=N/S(=O)(=O)C(F)(F)F)cc1)C(CO)CO. The fraction of sp³-hybridized carbons (Fsp3) is 0.333. The zero-order valence-electron chi connectivity index (χ0n) is 11.7. The Kier molecular flexibility index (Phi) is 6.29. The Morgan fingerprint density at radius 1 is 1.21 bits per heavy atom. The van der Waals surface area contributed by atoms with Gasteiger partial charge in [0.1, 0.15) is 11.7 Å². The number of alkyl halides is 3. The van der Waals surface area contributed by atoms with Crippen molar-refractivity contribution in [3.05, 3.63) is 29.8 Å². The van der Waals surface area contributed by atoms with Crippen LogP contribution in [0.2, 0.25) is 0 Å². The van der Waals surface area contributed by atoms with Gasteiger partial charge in [0.25, 0.3) is 0 Å². The van der Waals surface area contributed by atoms with Crippen molar-refractivity contribution in [3.63, 3.8) is 0 Å². The average Bonchev–Trinajstić information content (AvgIpc) is 2.47. The topological polar surface area (TPSA) is 136 Å². The van der Waals surface area contributed by atoms with E-state index >= 15 is 0 Å². The Balaban J connectivity index is 2.94. The summed E-state index contributed by atoms with van der Waals surface area (Å²) in [6, 6.07) is 3.81. The molecular formula is C12H11F3NO7S-. The van der Waals surface area contributed by atoms with Crippen molar-refractivity contribution in [1.82, 2.24) is 0 Å². The van der Waals surface area contributed by atoms with Crippen LogP contribution in [0.4, 0.5) is 13.2 Å². The number of carbonyl (C=O) groups excluding carboxylic acids is 1. The van der Waals surface area contributed by atoms with E-state index in [-0.39, 0.29) is 5.75 Å². The second kappa shape index (κ2) is 7.59. The lowest BCUT2D eigenvalue weighted by Crippen LogP contribution is -2.27. The van der Waals surface area contributed by atoms with Crippen LogP contribution >= 0.6 is 0 Å². The molecule has 1 aromatic rings. The lowest BCUT2D eigenvalue weighted by molar-refractivity contribution is -0.212. The van der Waals surface area contributed by atoms with Gasteiger partial charge in [-0.2, -0.15) is 26.0 Å². The van der Waals surface area contributed by atoms with Gasteiger partial charge in [-0.15, -0.1) is 0 Å². The highest BCUT2D eigenvalue weighted by Gasteiger charge is 2.45. The van der Waals surface area contributed by atoms with Crippen molar-refractivity contribution in [2.75, 3.05) is 13.2 Å². The summed E-state index contributed by atoms with van der Waals surface area (Å²) in [4.78, 5) is 11.5. The first-order valence-electron chi connectivity index (χ1n) is 6.14. The molecule has 1 rings (SSSR count). The van der Waals surface area contributed by atoms with E-state index in [9.17, 15) is 31.5 Å². The third kappa shape index (κ3) is 4.91. The number of benzene rings is 1. The highest BCUT2D eigenvalue weighted by Crippen LogP contribution is 2.25. The highest BCUT2D eigenvalue weighted by molar-refractivity contribution is 7.91. The van der Waals surface area contributed by atoms with E-state index in [4.69, 9.17) is 14.9 Å². The third-order valence-corrected chi connectivity index (χ3v) is 3.58. The maximum atomic E-state index is 12.1. The van der Waals surface area contributed by atoms with Crippen molar-refractivity contribution in [3.8, 4) is 5.75 Å². The lowest BCUT2D eigenvalue weighted by atomic mass is 10.2. The van der Waals surface area contributed by atoms with E-state index < -0.39 is 52.1 Å². The van der Waals surface area contributed by atoms with Gasteiger partial charge in [0.15, 0.2) is 0 Å². The van der Waals surface area contributed by atoms with Crippen LogP contribution in [0.25, 0.3) is 0 Å². The van der Waals surface area contributed by atoms with Crippen molar-refractivity contribution in [2.24, 2.45) is 10.3 Å².